The highest BCUT2D eigenvalue weighted by atomic mass is 16.4. The van der Waals surface area contributed by atoms with Crippen LogP contribution < -0.4 is 5.76 Å². The molecule has 0 bridgehead atoms. The zero-order valence-corrected chi connectivity index (χ0v) is 11.6. The van der Waals surface area contributed by atoms with Crippen molar-refractivity contribution in [2.24, 2.45) is 0 Å². The van der Waals surface area contributed by atoms with Gasteiger partial charge in [0.1, 0.15) is 6.54 Å². The number of hydrogen-bond donors (Lipinski definition) is 0. The Balaban J connectivity index is 1.76. The molecule has 0 radical (unpaired) electrons. The first-order chi connectivity index (χ1) is 10.2. The average Bonchev–Trinajstić information content (AvgIpc) is 2.90. The smallest absolute Gasteiger partial charge is 0.388 e. The first-order valence-corrected chi connectivity index (χ1v) is 7.00. The zero-order chi connectivity index (χ0) is 14.7. The van der Waals surface area contributed by atoms with Gasteiger partial charge in [-0.2, -0.15) is 4.68 Å². The summed E-state index contributed by atoms with van der Waals surface area (Å²) in [5, 5.41) is 4.06. The lowest BCUT2D eigenvalue weighted by Crippen LogP contribution is -2.39. The molecular weight excluding hydrogens is 272 g/mol. The molecule has 3 rings (SSSR count). The average molecular weight is 288 g/mol. The molecule has 7 heteroatoms. The van der Waals surface area contributed by atoms with Crippen molar-refractivity contribution in [2.75, 3.05) is 13.1 Å². The van der Waals surface area contributed by atoms with E-state index in [1.165, 1.54) is 0 Å². The fourth-order valence-corrected chi connectivity index (χ4v) is 2.38. The molecule has 1 fully saturated rings. The molecule has 0 saturated carbocycles. The first-order valence-electron chi connectivity index (χ1n) is 7.00. The van der Waals surface area contributed by atoms with Gasteiger partial charge in [-0.05, 0) is 31.4 Å². The molecule has 1 aliphatic heterocycles. The molecule has 0 atom stereocenters. The van der Waals surface area contributed by atoms with Crippen LogP contribution in [0.3, 0.4) is 0 Å². The topological polar surface area (TPSA) is 81.2 Å². The lowest BCUT2D eigenvalue weighted by molar-refractivity contribution is -0.133. The number of carbonyl (C=O) groups excluding carboxylic acids is 1. The second kappa shape index (κ2) is 5.90. The van der Waals surface area contributed by atoms with Crippen LogP contribution in [0.5, 0.6) is 0 Å². The molecule has 1 amide bonds. The molecule has 0 aliphatic carbocycles. The predicted molar refractivity (Wildman–Crippen MR) is 74.4 cm³/mol. The fraction of sp³-hybridized carbons (Fsp3) is 0.429. The van der Waals surface area contributed by atoms with Crippen LogP contribution in [0.15, 0.2) is 33.7 Å². The van der Waals surface area contributed by atoms with E-state index >= 15 is 0 Å². The Hall–Kier alpha value is -2.44. The molecule has 7 nitrogen and oxygen atoms in total. The van der Waals surface area contributed by atoms with E-state index in [-0.39, 0.29) is 18.3 Å². The summed E-state index contributed by atoms with van der Waals surface area (Å²) in [6.07, 6.45) is 6.36. The molecule has 2 aromatic rings. The molecule has 21 heavy (non-hydrogen) atoms. The molecule has 0 N–H and O–H groups in total. The van der Waals surface area contributed by atoms with E-state index < -0.39 is 5.76 Å². The van der Waals surface area contributed by atoms with E-state index in [2.05, 4.69) is 10.1 Å². The molecule has 1 saturated heterocycles. The molecule has 0 spiro atoms. The number of pyridine rings is 1. The van der Waals surface area contributed by atoms with Crippen molar-refractivity contribution < 1.29 is 9.21 Å². The quantitative estimate of drug-likeness (QED) is 0.838. The minimum atomic E-state index is -0.626. The third kappa shape index (κ3) is 3.01. The van der Waals surface area contributed by atoms with Crippen molar-refractivity contribution in [1.82, 2.24) is 19.7 Å². The number of nitrogens with zero attached hydrogens (tertiary/aromatic N) is 4. The van der Waals surface area contributed by atoms with Crippen molar-refractivity contribution in [3.05, 3.63) is 35.1 Å². The number of amides is 1. The predicted octanol–water partition coefficient (Wildman–Crippen LogP) is 0.911. The van der Waals surface area contributed by atoms with Crippen molar-refractivity contribution in [3.8, 4) is 11.5 Å². The molecular formula is C14H16N4O3. The normalized spacial score (nSPS) is 15.1. The number of carbonyl (C=O) groups is 1. The third-order valence-corrected chi connectivity index (χ3v) is 3.51. The summed E-state index contributed by atoms with van der Waals surface area (Å²) in [4.78, 5) is 29.6. The lowest BCUT2D eigenvalue weighted by atomic mass is 10.1. The van der Waals surface area contributed by atoms with Gasteiger partial charge in [-0.3, -0.25) is 9.78 Å². The van der Waals surface area contributed by atoms with Crippen molar-refractivity contribution in [3.63, 3.8) is 0 Å². The summed E-state index contributed by atoms with van der Waals surface area (Å²) in [7, 11) is 0. The van der Waals surface area contributed by atoms with Crippen LogP contribution in [0.25, 0.3) is 11.5 Å². The first kappa shape index (κ1) is 13.5. The zero-order valence-electron chi connectivity index (χ0n) is 11.6. The van der Waals surface area contributed by atoms with Gasteiger partial charge in [-0.1, -0.05) is 0 Å². The summed E-state index contributed by atoms with van der Waals surface area (Å²) in [5.41, 5.74) is 0.610. The van der Waals surface area contributed by atoms with Crippen LogP contribution in [-0.4, -0.2) is 38.7 Å². The van der Waals surface area contributed by atoms with E-state index in [9.17, 15) is 9.59 Å². The number of hydrogen-bond acceptors (Lipinski definition) is 5. The Labute approximate surface area is 121 Å². The highest BCUT2D eigenvalue weighted by molar-refractivity contribution is 5.76. The van der Waals surface area contributed by atoms with E-state index in [0.29, 0.717) is 5.56 Å². The minimum Gasteiger partial charge on any atom is -0.388 e. The second-order valence-corrected chi connectivity index (χ2v) is 5.01. The highest BCUT2D eigenvalue weighted by Crippen LogP contribution is 2.13. The molecule has 1 aliphatic rings. The van der Waals surface area contributed by atoms with Gasteiger partial charge < -0.3 is 9.32 Å². The van der Waals surface area contributed by atoms with E-state index in [4.69, 9.17) is 4.42 Å². The summed E-state index contributed by atoms with van der Waals surface area (Å²) >= 11 is 0. The summed E-state index contributed by atoms with van der Waals surface area (Å²) in [6.45, 7) is 1.42. The van der Waals surface area contributed by atoms with Gasteiger partial charge in [-0.15, -0.1) is 5.10 Å². The third-order valence-electron chi connectivity index (χ3n) is 3.51. The summed E-state index contributed by atoms with van der Waals surface area (Å²) in [5.74, 6) is -0.540. The number of likely N-dealkylation sites (tertiary alicyclic amines) is 1. The Morgan fingerprint density at radius 2 is 2.10 bits per heavy atom. The van der Waals surface area contributed by atoms with Gasteiger partial charge in [0.15, 0.2) is 0 Å². The van der Waals surface area contributed by atoms with Crippen LogP contribution in [0, 0.1) is 0 Å². The number of rotatable bonds is 3. The standard InChI is InChI=1S/C14H16N4O3/c19-12(17-7-2-1-3-8-17)10-18-14(20)21-13(16-18)11-5-4-6-15-9-11/h4-6,9H,1-3,7-8,10H2. The maximum atomic E-state index is 12.1. The van der Waals surface area contributed by atoms with Gasteiger partial charge in [0, 0.05) is 25.5 Å². The van der Waals surface area contributed by atoms with Crippen LogP contribution in [0.4, 0.5) is 0 Å². The largest absolute Gasteiger partial charge is 0.437 e. The molecule has 0 aromatic carbocycles. The van der Waals surface area contributed by atoms with Gasteiger partial charge in [0.25, 0.3) is 5.89 Å². The maximum absolute atomic E-state index is 12.1. The highest BCUT2D eigenvalue weighted by Gasteiger charge is 2.19. The van der Waals surface area contributed by atoms with Gasteiger partial charge >= 0.3 is 5.76 Å². The van der Waals surface area contributed by atoms with Gasteiger partial charge in [-0.25, -0.2) is 4.79 Å². The molecule has 110 valence electrons. The van der Waals surface area contributed by atoms with Crippen molar-refractivity contribution >= 4 is 5.91 Å². The lowest BCUT2D eigenvalue weighted by Gasteiger charge is -2.26. The van der Waals surface area contributed by atoms with Crippen molar-refractivity contribution in [2.45, 2.75) is 25.8 Å². The number of aromatic nitrogens is 3. The van der Waals surface area contributed by atoms with Gasteiger partial charge in [0.2, 0.25) is 5.91 Å². The Morgan fingerprint density at radius 1 is 1.29 bits per heavy atom. The van der Waals surface area contributed by atoms with Crippen LogP contribution in [0.2, 0.25) is 0 Å². The van der Waals surface area contributed by atoms with Crippen LogP contribution >= 0.6 is 0 Å². The Morgan fingerprint density at radius 3 is 2.81 bits per heavy atom. The maximum Gasteiger partial charge on any atom is 0.437 e. The molecule has 2 aromatic heterocycles. The molecule has 0 unspecified atom stereocenters. The second-order valence-electron chi connectivity index (χ2n) is 5.01. The Kier molecular flexibility index (Phi) is 3.81. The summed E-state index contributed by atoms with van der Waals surface area (Å²) in [6, 6.07) is 3.47. The fourth-order valence-electron chi connectivity index (χ4n) is 2.38. The molecule has 3 heterocycles. The van der Waals surface area contributed by atoms with E-state index in [0.717, 1.165) is 37.0 Å². The van der Waals surface area contributed by atoms with E-state index in [1.54, 1.807) is 29.4 Å². The van der Waals surface area contributed by atoms with E-state index in [1.807, 2.05) is 0 Å². The SMILES string of the molecule is O=C(Cn1nc(-c2cccnc2)oc1=O)N1CCCCC1. The van der Waals surface area contributed by atoms with Crippen molar-refractivity contribution in [1.29, 1.82) is 0 Å². The monoisotopic (exact) mass is 288 g/mol. The van der Waals surface area contributed by atoms with Crippen LogP contribution in [-0.2, 0) is 11.3 Å². The van der Waals surface area contributed by atoms with Crippen LogP contribution in [0.1, 0.15) is 19.3 Å². The number of piperidine rings is 1. The summed E-state index contributed by atoms with van der Waals surface area (Å²) < 4.78 is 6.14. The minimum absolute atomic E-state index is 0.0808. The Bertz CT molecular complexity index is 671. The van der Waals surface area contributed by atoms with Gasteiger partial charge in [0.05, 0.1) is 5.56 Å².